The van der Waals surface area contributed by atoms with E-state index in [1.165, 1.54) is 15.6 Å². The third kappa shape index (κ3) is 5.90. The quantitative estimate of drug-likeness (QED) is 0.454. The predicted molar refractivity (Wildman–Crippen MR) is 135 cm³/mol. The Labute approximate surface area is 208 Å². The van der Waals surface area contributed by atoms with Crippen LogP contribution in [-0.4, -0.2) is 44.9 Å². The first-order chi connectivity index (χ1) is 16.3. The number of benzene rings is 2. The standard InChI is InChI=1S/C24H26ClN3O4S2/c1-32-21-7-2-4-17(14-21)24(29)26-16-22-8-9-23(33-22)34(30,31)28-12-10-19(11-13-28)27-20-6-3-5-18(25)15-20/h2-9,14-15,19,27H,10-13,16H2,1H3,(H,26,29). The molecule has 180 valence electrons. The lowest BCUT2D eigenvalue weighted by molar-refractivity contribution is 0.0951. The van der Waals surface area contributed by atoms with Crippen LogP contribution in [-0.2, 0) is 16.6 Å². The van der Waals surface area contributed by atoms with Crippen LogP contribution in [0.15, 0.2) is 64.9 Å². The van der Waals surface area contributed by atoms with Crippen LogP contribution < -0.4 is 15.4 Å². The van der Waals surface area contributed by atoms with Crippen molar-refractivity contribution in [2.45, 2.75) is 29.6 Å². The number of sulfonamides is 1. The number of ether oxygens (including phenoxy) is 1. The predicted octanol–water partition coefficient (Wildman–Crippen LogP) is 4.61. The molecular formula is C24H26ClN3O4S2. The maximum atomic E-state index is 13.1. The molecule has 0 saturated carbocycles. The number of nitrogens with one attached hydrogen (secondary N) is 2. The number of thiophene rings is 1. The van der Waals surface area contributed by atoms with Gasteiger partial charge in [-0.25, -0.2) is 8.42 Å². The van der Waals surface area contributed by atoms with Crippen molar-refractivity contribution < 1.29 is 17.9 Å². The first kappa shape index (κ1) is 24.5. The maximum absolute atomic E-state index is 13.1. The fraction of sp³-hybridized carbons (Fsp3) is 0.292. The summed E-state index contributed by atoms with van der Waals surface area (Å²) >= 11 is 7.23. The van der Waals surface area contributed by atoms with Gasteiger partial charge in [0.25, 0.3) is 15.9 Å². The molecule has 1 amide bonds. The van der Waals surface area contributed by atoms with E-state index in [9.17, 15) is 13.2 Å². The van der Waals surface area contributed by atoms with Crippen LogP contribution in [0.1, 0.15) is 28.1 Å². The Balaban J connectivity index is 1.32. The van der Waals surface area contributed by atoms with E-state index < -0.39 is 10.0 Å². The topological polar surface area (TPSA) is 87.7 Å². The van der Waals surface area contributed by atoms with Crippen LogP contribution >= 0.6 is 22.9 Å². The molecule has 2 N–H and O–H groups in total. The molecule has 0 unspecified atom stereocenters. The fourth-order valence-corrected chi connectivity index (χ4v) is 6.92. The van der Waals surface area contributed by atoms with E-state index in [2.05, 4.69) is 10.6 Å². The highest BCUT2D eigenvalue weighted by molar-refractivity contribution is 7.91. The summed E-state index contributed by atoms with van der Waals surface area (Å²) < 4.78 is 33.3. The highest BCUT2D eigenvalue weighted by Crippen LogP contribution is 2.28. The molecule has 1 fully saturated rings. The van der Waals surface area contributed by atoms with Crippen molar-refractivity contribution in [3.63, 3.8) is 0 Å². The molecule has 0 radical (unpaired) electrons. The smallest absolute Gasteiger partial charge is 0.252 e. The molecule has 0 spiro atoms. The number of methoxy groups -OCH3 is 1. The van der Waals surface area contributed by atoms with E-state index in [-0.39, 0.29) is 18.5 Å². The average Bonchev–Trinajstić information content (AvgIpc) is 3.33. The molecule has 1 saturated heterocycles. The molecular weight excluding hydrogens is 494 g/mol. The summed E-state index contributed by atoms with van der Waals surface area (Å²) in [6.07, 6.45) is 1.42. The molecule has 1 aliphatic heterocycles. The molecule has 0 aliphatic carbocycles. The van der Waals surface area contributed by atoms with Crippen LogP contribution in [0.4, 0.5) is 5.69 Å². The van der Waals surface area contributed by atoms with Crippen LogP contribution in [0.25, 0.3) is 0 Å². The minimum Gasteiger partial charge on any atom is -0.497 e. The molecule has 2 aromatic carbocycles. The number of piperidine rings is 1. The van der Waals surface area contributed by atoms with Gasteiger partial charge in [-0.05, 0) is 61.4 Å². The Hall–Kier alpha value is -2.59. The van der Waals surface area contributed by atoms with Gasteiger partial charge in [0.15, 0.2) is 0 Å². The van der Waals surface area contributed by atoms with Gasteiger partial charge >= 0.3 is 0 Å². The Morgan fingerprint density at radius 1 is 1.12 bits per heavy atom. The minimum absolute atomic E-state index is 0.190. The molecule has 4 rings (SSSR count). The summed E-state index contributed by atoms with van der Waals surface area (Å²) in [6, 6.07) is 18.0. The van der Waals surface area contributed by atoms with Crippen LogP contribution in [0.2, 0.25) is 5.02 Å². The summed E-state index contributed by atoms with van der Waals surface area (Å²) in [7, 11) is -2.03. The summed E-state index contributed by atoms with van der Waals surface area (Å²) in [5.74, 6) is 0.356. The molecule has 0 bridgehead atoms. The number of hydrogen-bond donors (Lipinski definition) is 2. The van der Waals surface area contributed by atoms with Crippen molar-refractivity contribution in [2.75, 3.05) is 25.5 Å². The number of hydrogen-bond acceptors (Lipinski definition) is 6. The third-order valence-corrected chi connectivity index (χ3v) is 9.32. The van der Waals surface area contributed by atoms with Gasteiger partial charge in [0, 0.05) is 40.3 Å². The van der Waals surface area contributed by atoms with Gasteiger partial charge < -0.3 is 15.4 Å². The summed E-state index contributed by atoms with van der Waals surface area (Å²) in [5, 5.41) is 6.93. The SMILES string of the molecule is COc1cccc(C(=O)NCc2ccc(S(=O)(=O)N3CCC(Nc4cccc(Cl)c4)CC3)s2)c1. The number of carbonyl (C=O) groups excluding carboxylic acids is 1. The van der Waals surface area contributed by atoms with Gasteiger partial charge in [0.05, 0.1) is 13.7 Å². The largest absolute Gasteiger partial charge is 0.497 e. The van der Waals surface area contributed by atoms with Gasteiger partial charge in [-0.15, -0.1) is 11.3 Å². The number of nitrogens with zero attached hydrogens (tertiary/aromatic N) is 1. The van der Waals surface area contributed by atoms with Gasteiger partial charge in [-0.2, -0.15) is 4.31 Å². The molecule has 3 aromatic rings. The summed E-state index contributed by atoms with van der Waals surface area (Å²) in [5.41, 5.74) is 1.42. The minimum atomic E-state index is -3.57. The van der Waals surface area contributed by atoms with E-state index in [0.717, 1.165) is 10.6 Å². The molecule has 34 heavy (non-hydrogen) atoms. The number of carbonyl (C=O) groups is 1. The van der Waals surface area contributed by atoms with E-state index in [1.54, 1.807) is 43.5 Å². The second-order valence-corrected chi connectivity index (χ2v) is 11.7. The van der Waals surface area contributed by atoms with E-state index in [4.69, 9.17) is 16.3 Å². The van der Waals surface area contributed by atoms with E-state index in [1.807, 2.05) is 24.3 Å². The van der Waals surface area contributed by atoms with Gasteiger partial charge in [-0.3, -0.25) is 4.79 Å². The second kappa shape index (κ2) is 10.8. The van der Waals surface area contributed by atoms with E-state index >= 15 is 0 Å². The Morgan fingerprint density at radius 2 is 1.88 bits per heavy atom. The molecule has 2 heterocycles. The Morgan fingerprint density at radius 3 is 2.62 bits per heavy atom. The highest BCUT2D eigenvalue weighted by atomic mass is 35.5. The monoisotopic (exact) mass is 519 g/mol. The third-order valence-electron chi connectivity index (χ3n) is 5.64. The first-order valence-corrected chi connectivity index (χ1v) is 13.5. The maximum Gasteiger partial charge on any atom is 0.252 e. The lowest BCUT2D eigenvalue weighted by atomic mass is 10.1. The average molecular weight is 520 g/mol. The molecule has 1 aliphatic rings. The number of amides is 1. The Kier molecular flexibility index (Phi) is 7.77. The van der Waals surface area contributed by atoms with Gasteiger partial charge in [0.1, 0.15) is 9.96 Å². The van der Waals surface area contributed by atoms with Crippen LogP contribution in [0.5, 0.6) is 5.75 Å². The lowest BCUT2D eigenvalue weighted by Gasteiger charge is -2.31. The Bertz CT molecular complexity index is 1250. The van der Waals surface area contributed by atoms with Crippen LogP contribution in [0.3, 0.4) is 0 Å². The molecule has 0 atom stereocenters. The van der Waals surface area contributed by atoms with Crippen molar-refractivity contribution in [1.29, 1.82) is 0 Å². The summed E-state index contributed by atoms with van der Waals surface area (Å²) in [4.78, 5) is 13.2. The lowest BCUT2D eigenvalue weighted by Crippen LogP contribution is -2.42. The first-order valence-electron chi connectivity index (χ1n) is 10.9. The highest BCUT2D eigenvalue weighted by Gasteiger charge is 2.30. The second-order valence-electron chi connectivity index (χ2n) is 7.97. The van der Waals surface area contributed by atoms with Crippen molar-refractivity contribution >= 4 is 44.6 Å². The van der Waals surface area contributed by atoms with E-state index in [0.29, 0.717) is 46.5 Å². The van der Waals surface area contributed by atoms with Crippen molar-refractivity contribution in [1.82, 2.24) is 9.62 Å². The zero-order valence-corrected chi connectivity index (χ0v) is 21.0. The van der Waals surface area contributed by atoms with Crippen LogP contribution in [0, 0.1) is 0 Å². The number of rotatable bonds is 8. The zero-order chi connectivity index (χ0) is 24.1. The van der Waals surface area contributed by atoms with Gasteiger partial charge in [0.2, 0.25) is 0 Å². The van der Waals surface area contributed by atoms with Crippen molar-refractivity contribution in [2.24, 2.45) is 0 Å². The fourth-order valence-electron chi connectivity index (χ4n) is 3.81. The van der Waals surface area contributed by atoms with Crippen molar-refractivity contribution in [3.05, 3.63) is 76.1 Å². The molecule has 10 heteroatoms. The molecule has 1 aromatic heterocycles. The van der Waals surface area contributed by atoms with Crippen molar-refractivity contribution in [3.8, 4) is 5.75 Å². The normalized spacial score (nSPS) is 15.1. The number of halogens is 1. The number of anilines is 1. The molecule has 7 nitrogen and oxygen atoms in total. The zero-order valence-electron chi connectivity index (χ0n) is 18.7. The van der Waals surface area contributed by atoms with Gasteiger partial charge in [-0.1, -0.05) is 23.7 Å². The summed E-state index contributed by atoms with van der Waals surface area (Å²) in [6.45, 7) is 1.14.